The molecule has 3 aromatic rings. The number of aliphatic hydroxyl groups excluding tert-OH is 1. The summed E-state index contributed by atoms with van der Waals surface area (Å²) in [5.74, 6) is -1.70. The third kappa shape index (κ3) is 8.75. The van der Waals surface area contributed by atoms with Crippen LogP contribution in [-0.4, -0.2) is 69.5 Å². The summed E-state index contributed by atoms with van der Waals surface area (Å²) >= 11 is 0. The molecule has 0 radical (unpaired) electrons. The number of aromatic amines is 1. The first kappa shape index (κ1) is 39.8. The first-order chi connectivity index (χ1) is 20.7. The number of nitrogens with zero attached hydrogens (tertiary/aromatic N) is 3. The van der Waals surface area contributed by atoms with Crippen molar-refractivity contribution < 1.29 is 158 Å². The molecule has 0 aliphatic carbocycles. The van der Waals surface area contributed by atoms with Gasteiger partial charge in [0.15, 0.2) is 11.4 Å². The molecular formula is C25H14K2N4O13S2. The molecule has 0 fully saturated rings. The normalized spacial score (nSPS) is 13.8. The molecular weight excluding hydrogens is 707 g/mol. The molecule has 0 unspecified atom stereocenters. The van der Waals surface area contributed by atoms with Gasteiger partial charge in [-0.1, -0.05) is 6.08 Å². The largest absolute Gasteiger partial charge is 1.00 e. The van der Waals surface area contributed by atoms with Crippen LogP contribution in [0.1, 0.15) is 16.1 Å². The topological polar surface area (TPSA) is 269 Å². The second-order valence-electron chi connectivity index (χ2n) is 8.39. The molecule has 1 aliphatic rings. The van der Waals surface area contributed by atoms with Crippen LogP contribution in [0.25, 0.3) is 11.8 Å². The molecule has 2 heterocycles. The number of nitrogens with one attached hydrogen (secondary N) is 1. The van der Waals surface area contributed by atoms with Crippen molar-refractivity contribution in [1.29, 1.82) is 0 Å². The second kappa shape index (κ2) is 16.1. The number of rotatable bonds is 8. The summed E-state index contributed by atoms with van der Waals surface area (Å²) in [5.41, 5.74) is -3.08. The summed E-state index contributed by atoms with van der Waals surface area (Å²) in [5, 5.41) is 24.6. The van der Waals surface area contributed by atoms with Crippen LogP contribution in [0, 0.1) is 12.0 Å². The van der Waals surface area contributed by atoms with E-state index in [0.29, 0.717) is 5.01 Å². The van der Waals surface area contributed by atoms with Crippen LogP contribution in [-0.2, 0) is 34.7 Å². The molecule has 0 spiro atoms. The van der Waals surface area contributed by atoms with E-state index in [1.807, 2.05) is 0 Å². The van der Waals surface area contributed by atoms with Crippen molar-refractivity contribution in [2.75, 3.05) is 5.01 Å². The molecule has 1 aromatic heterocycles. The maximum Gasteiger partial charge on any atom is 1.00 e. The van der Waals surface area contributed by atoms with Crippen LogP contribution in [0.15, 0.2) is 85.9 Å². The van der Waals surface area contributed by atoms with Gasteiger partial charge in [0.25, 0.3) is 17.2 Å². The Hall–Kier alpha value is -2.38. The summed E-state index contributed by atoms with van der Waals surface area (Å²) < 4.78 is 67.9. The van der Waals surface area contributed by atoms with Crippen molar-refractivity contribution in [3.8, 4) is 17.7 Å². The Labute approximate surface area is 343 Å². The van der Waals surface area contributed by atoms with E-state index in [9.17, 15) is 45.1 Å². The van der Waals surface area contributed by atoms with Crippen LogP contribution in [0.4, 0.5) is 5.69 Å². The summed E-state index contributed by atoms with van der Waals surface area (Å²) in [6.07, 6.45) is 4.38. The number of amides is 1. The fourth-order valence-corrected chi connectivity index (χ4v) is 4.70. The number of benzene rings is 2. The number of aromatic nitrogens is 2. The van der Waals surface area contributed by atoms with Crippen molar-refractivity contribution in [1.82, 2.24) is 9.78 Å². The molecule has 0 bridgehead atoms. The number of ketones is 1. The van der Waals surface area contributed by atoms with E-state index in [2.05, 4.69) is 15.1 Å². The SMILES string of the molecule is O=C(C#CO)C1=NN(c2ccc(S(=O)(=O)[O-])cc2)C(=O)/C1=C\C=Cc1c(C(=O)OO)[nH]n(-c2ccc(S(=O)(=O)[O-])cc2)c1=O.[K+].[K+]. The van der Waals surface area contributed by atoms with Crippen LogP contribution in [0.3, 0.4) is 0 Å². The van der Waals surface area contributed by atoms with Gasteiger partial charge < -0.3 is 14.2 Å². The molecule has 0 atom stereocenters. The van der Waals surface area contributed by atoms with Gasteiger partial charge in [-0.05, 0) is 60.7 Å². The smallest absolute Gasteiger partial charge is 0.744 e. The standard InChI is InChI=1S/C25H16N4O13S2.2K/c30-13-12-20(31)21-18(23(32)28(26-21)14-4-8-16(9-5-14)43(36,37)38)2-1-3-19-22(25(34)42-35)27-29(24(19)33)15-6-10-17(11-7-15)44(39,40)41;;/h1-11,27,30,35H,(H,36,37,38)(H,39,40,41);;/q;2*+1/p-2/b3-1?,18-2-;;. The molecule has 3 N–H and O–H groups in total. The van der Waals surface area contributed by atoms with Gasteiger partial charge in [0.2, 0.25) is 0 Å². The zero-order chi connectivity index (χ0) is 32.4. The maximum absolute atomic E-state index is 13.1. The third-order valence-electron chi connectivity index (χ3n) is 5.76. The minimum atomic E-state index is -4.80. The minimum absolute atomic E-state index is 0. The van der Waals surface area contributed by atoms with Crippen molar-refractivity contribution in [3.05, 3.63) is 87.9 Å². The predicted octanol–water partition coefficient (Wildman–Crippen LogP) is -6.14. The van der Waals surface area contributed by atoms with Crippen LogP contribution in [0.2, 0.25) is 0 Å². The van der Waals surface area contributed by atoms with Crippen LogP contribution < -0.4 is 113 Å². The monoisotopic (exact) mass is 720 g/mol. The number of anilines is 1. The molecule has 4 rings (SSSR count). The summed E-state index contributed by atoms with van der Waals surface area (Å²) in [6.45, 7) is 0. The average molecular weight is 721 g/mol. The Bertz CT molecular complexity index is 2140. The van der Waals surface area contributed by atoms with Gasteiger partial charge in [-0.25, -0.2) is 26.3 Å². The Morgan fingerprint density at radius 1 is 0.913 bits per heavy atom. The summed E-state index contributed by atoms with van der Waals surface area (Å²) in [4.78, 5) is 53.3. The quantitative estimate of drug-likeness (QED) is 0.0489. The van der Waals surface area contributed by atoms with E-state index in [0.717, 1.165) is 71.4 Å². The number of carbonyl (C=O) groups is 3. The maximum atomic E-state index is 13.1. The molecule has 226 valence electrons. The summed E-state index contributed by atoms with van der Waals surface area (Å²) in [6, 6.07) is 7.92. The first-order valence-electron chi connectivity index (χ1n) is 11.5. The van der Waals surface area contributed by atoms with Gasteiger partial charge >= 0.3 is 109 Å². The molecule has 46 heavy (non-hydrogen) atoms. The van der Waals surface area contributed by atoms with E-state index < -0.39 is 75.8 Å². The van der Waals surface area contributed by atoms with Crippen molar-refractivity contribution >= 4 is 55.4 Å². The number of allylic oxidation sites excluding steroid dienone is 2. The van der Waals surface area contributed by atoms with E-state index in [1.54, 1.807) is 5.92 Å². The third-order valence-corrected chi connectivity index (χ3v) is 7.45. The minimum Gasteiger partial charge on any atom is -0.744 e. The van der Waals surface area contributed by atoms with Gasteiger partial charge in [0.05, 0.1) is 32.3 Å². The predicted molar refractivity (Wildman–Crippen MR) is 144 cm³/mol. The fourth-order valence-electron chi connectivity index (χ4n) is 3.76. The molecule has 2 aromatic carbocycles. The van der Waals surface area contributed by atoms with Crippen molar-refractivity contribution in [2.45, 2.75) is 9.79 Å². The van der Waals surface area contributed by atoms with Gasteiger partial charge in [-0.15, -0.1) is 0 Å². The molecule has 1 aliphatic heterocycles. The Kier molecular flexibility index (Phi) is 14.0. The molecule has 0 saturated heterocycles. The second-order valence-corrected chi connectivity index (χ2v) is 11.1. The van der Waals surface area contributed by atoms with E-state index >= 15 is 0 Å². The summed E-state index contributed by atoms with van der Waals surface area (Å²) in [7, 11) is -9.60. The van der Waals surface area contributed by atoms with E-state index in [-0.39, 0.29) is 114 Å². The molecule has 21 heteroatoms. The molecule has 1 amide bonds. The van der Waals surface area contributed by atoms with Crippen molar-refractivity contribution in [2.24, 2.45) is 5.10 Å². The molecule has 17 nitrogen and oxygen atoms in total. The van der Waals surface area contributed by atoms with E-state index in [4.69, 9.17) is 10.4 Å². The Morgan fingerprint density at radius 2 is 1.43 bits per heavy atom. The van der Waals surface area contributed by atoms with Gasteiger partial charge in [0.1, 0.15) is 26.3 Å². The Balaban J connectivity index is 0.00000368. The number of H-pyrrole nitrogens is 1. The van der Waals surface area contributed by atoms with Gasteiger partial charge in [-0.2, -0.15) is 15.4 Å². The molecule has 0 saturated carbocycles. The fraction of sp³-hybridized carbons (Fsp3) is 0. The number of hydrogen-bond donors (Lipinski definition) is 3. The first-order valence-corrected chi connectivity index (χ1v) is 14.3. The van der Waals surface area contributed by atoms with E-state index in [1.165, 1.54) is 6.11 Å². The van der Waals surface area contributed by atoms with Crippen LogP contribution in [0.5, 0.6) is 0 Å². The number of hydrazone groups is 1. The zero-order valence-electron chi connectivity index (χ0n) is 23.4. The van der Waals surface area contributed by atoms with Gasteiger partial charge in [-0.3, -0.25) is 24.4 Å². The van der Waals surface area contributed by atoms with Gasteiger partial charge in [0, 0.05) is 5.92 Å². The number of Topliss-reactive ketones (excluding diaryl/α,β-unsaturated/α-hetero) is 1. The zero-order valence-corrected chi connectivity index (χ0v) is 31.3. The number of carbonyl (C=O) groups excluding carboxylic acids is 3. The van der Waals surface area contributed by atoms with Crippen molar-refractivity contribution in [3.63, 3.8) is 0 Å². The Morgan fingerprint density at radius 3 is 1.91 bits per heavy atom. The number of aliphatic hydroxyl groups is 1. The average Bonchev–Trinajstić information content (AvgIpc) is 3.48. The van der Waals surface area contributed by atoms with Crippen LogP contribution >= 0.6 is 0 Å². The number of hydrogen-bond acceptors (Lipinski definition) is 14.